The highest BCUT2D eigenvalue weighted by Gasteiger charge is 2.29. The van der Waals surface area contributed by atoms with E-state index in [-0.39, 0.29) is 37.2 Å². The van der Waals surface area contributed by atoms with Crippen molar-refractivity contribution in [2.45, 2.75) is 58.3 Å². The van der Waals surface area contributed by atoms with Crippen LogP contribution in [0, 0.1) is 0 Å². The Kier molecular flexibility index (Phi) is 14.0. The van der Waals surface area contributed by atoms with Gasteiger partial charge in [-0.05, 0) is 50.5 Å². The van der Waals surface area contributed by atoms with Crippen LogP contribution < -0.4 is 30.5 Å². The number of nitrogens with zero attached hydrogens (tertiary/aromatic N) is 12. The van der Waals surface area contributed by atoms with Gasteiger partial charge in [-0.3, -0.25) is 18.9 Å². The fourth-order valence-electron chi connectivity index (χ4n) is 7.65. The summed E-state index contributed by atoms with van der Waals surface area (Å²) in [7, 11) is 5.77. The van der Waals surface area contributed by atoms with E-state index in [0.29, 0.717) is 91.5 Å². The van der Waals surface area contributed by atoms with Crippen molar-refractivity contribution in [3.05, 3.63) is 91.2 Å². The van der Waals surface area contributed by atoms with Crippen molar-refractivity contribution >= 4 is 57.3 Å². The molecule has 19 heteroatoms. The third kappa shape index (κ3) is 9.73. The van der Waals surface area contributed by atoms with Crippen LogP contribution in [0.2, 0.25) is 0 Å². The molecular weight excluding hydrogens is 818 g/mol. The number of aliphatic hydroxyl groups excluding tert-OH is 1. The first kappa shape index (κ1) is 44.9. The van der Waals surface area contributed by atoms with E-state index in [9.17, 15) is 14.3 Å². The van der Waals surface area contributed by atoms with Crippen LogP contribution in [0.25, 0.3) is 33.5 Å². The van der Waals surface area contributed by atoms with Gasteiger partial charge in [0.15, 0.2) is 17.0 Å². The van der Waals surface area contributed by atoms with E-state index in [0.717, 1.165) is 27.9 Å². The normalized spacial score (nSPS) is 14.1. The first-order valence-corrected chi connectivity index (χ1v) is 21.2. The Morgan fingerprint density at radius 3 is 2.55 bits per heavy atom. The molecule has 64 heavy (non-hydrogen) atoms. The van der Waals surface area contributed by atoms with E-state index < -0.39 is 0 Å². The Bertz CT molecular complexity index is 2690. The number of halogens is 1. The summed E-state index contributed by atoms with van der Waals surface area (Å²) in [4.78, 5) is 47.0. The van der Waals surface area contributed by atoms with Crippen molar-refractivity contribution in [2.24, 2.45) is 14.1 Å². The number of hydrogen-bond acceptors (Lipinski definition) is 14. The van der Waals surface area contributed by atoms with Gasteiger partial charge >= 0.3 is 0 Å². The molecule has 1 amide bonds. The van der Waals surface area contributed by atoms with E-state index in [1.807, 2.05) is 62.2 Å². The molecule has 0 saturated carbocycles. The molecule has 1 aliphatic rings. The number of carbonyl (C=O) groups excluding carboxylic acids is 1. The molecule has 1 aromatic carbocycles. The lowest BCUT2D eigenvalue weighted by molar-refractivity contribution is -0.118. The van der Waals surface area contributed by atoms with Crippen molar-refractivity contribution in [1.82, 2.24) is 54.1 Å². The number of aliphatic hydroxyl groups is 1. The van der Waals surface area contributed by atoms with Crippen LogP contribution in [-0.2, 0) is 25.4 Å². The lowest BCUT2D eigenvalue weighted by Gasteiger charge is -2.27. The summed E-state index contributed by atoms with van der Waals surface area (Å²) in [5.74, 6) is 2.26. The molecule has 2 atom stereocenters. The van der Waals surface area contributed by atoms with Gasteiger partial charge in [0.1, 0.15) is 17.2 Å². The second-order valence-electron chi connectivity index (χ2n) is 15.9. The number of nitrogens with one attached hydrogen (secondary N) is 3. The van der Waals surface area contributed by atoms with Crippen molar-refractivity contribution in [3.8, 4) is 17.1 Å². The minimum Gasteiger partial charge on any atom is -0.478 e. The maximum absolute atomic E-state index is 14.1. The van der Waals surface area contributed by atoms with Crippen LogP contribution in [0.1, 0.15) is 45.2 Å². The summed E-state index contributed by atoms with van der Waals surface area (Å²) in [6.07, 6.45) is 8.68. The Morgan fingerprint density at radius 2 is 1.84 bits per heavy atom. The van der Waals surface area contributed by atoms with Crippen LogP contribution in [0.5, 0.6) is 5.88 Å². The van der Waals surface area contributed by atoms with Crippen LogP contribution in [0.4, 0.5) is 33.6 Å². The van der Waals surface area contributed by atoms with Gasteiger partial charge in [-0.15, -0.1) is 5.10 Å². The average molecular weight is 874 g/mol. The minimum absolute atomic E-state index is 0.0664. The van der Waals surface area contributed by atoms with Crippen molar-refractivity contribution in [3.63, 3.8) is 0 Å². The van der Waals surface area contributed by atoms with Gasteiger partial charge in [0.2, 0.25) is 17.8 Å². The monoisotopic (exact) mass is 873 g/mol. The van der Waals surface area contributed by atoms with E-state index in [1.165, 1.54) is 0 Å². The molecule has 336 valence electrons. The maximum atomic E-state index is 14.1. The summed E-state index contributed by atoms with van der Waals surface area (Å²) in [5, 5.41) is 25.2. The van der Waals surface area contributed by atoms with E-state index in [2.05, 4.69) is 90.1 Å². The number of fused-ring (bicyclic) bond motifs is 2. The molecule has 4 N–H and O–H groups in total. The zero-order valence-corrected chi connectivity index (χ0v) is 37.3. The van der Waals surface area contributed by atoms with Crippen molar-refractivity contribution in [1.29, 1.82) is 0 Å². The Labute approximate surface area is 371 Å². The lowest BCUT2D eigenvalue weighted by Crippen LogP contribution is -2.40. The average Bonchev–Trinajstić information content (AvgIpc) is 4.12. The number of aryl methyl sites for hydroxylation is 2. The van der Waals surface area contributed by atoms with Crippen molar-refractivity contribution < 1.29 is 19.0 Å². The predicted octanol–water partition coefficient (Wildman–Crippen LogP) is 5.96. The van der Waals surface area contributed by atoms with Crippen LogP contribution in [-0.4, -0.2) is 112 Å². The van der Waals surface area contributed by atoms with Crippen LogP contribution >= 0.6 is 0 Å². The fraction of sp³-hybridized carbons (Fsp3) is 0.378. The first-order valence-electron chi connectivity index (χ1n) is 21.2. The standard InChI is InChI=1S/C44H53N15O3.CH3F/c1-8-31(25-60)48-43-51-38(33-17-20-59(27(2)3)39(33)52-43)58(22-29-12-14-30(15-13-29)34-11-9-10-18-45-34)21-28(4)41(61)47-32-16-19-57(23-32)44-50-37(36-40(53-44)55(5)26-46-36)49-35-24-56(6)54-42(35)62-7;1-2/h9-15,17-18,20,24,26-27,31-32,60H,4,8,16,19,21-23,25H2,1-3,5-7H3,(H,47,61)(H,48,51,52)(H,49,50,53);1H3/t31-,32?;/m1./s1. The number of imidazole rings is 1. The zero-order chi connectivity index (χ0) is 45.5. The van der Waals surface area contributed by atoms with Gasteiger partial charge in [0, 0.05) is 75.9 Å². The molecule has 18 nitrogen and oxygen atoms in total. The molecule has 1 aliphatic heterocycles. The van der Waals surface area contributed by atoms with Crippen molar-refractivity contribution in [2.75, 3.05) is 61.0 Å². The highest BCUT2D eigenvalue weighted by molar-refractivity contribution is 5.95. The molecule has 0 bridgehead atoms. The van der Waals surface area contributed by atoms with Crippen LogP contribution in [0.15, 0.2) is 85.6 Å². The number of carbonyl (C=O) groups is 1. The number of pyridine rings is 1. The number of hydrogen-bond donors (Lipinski definition) is 4. The minimum atomic E-state index is -0.254. The van der Waals surface area contributed by atoms with E-state index in [1.54, 1.807) is 24.3 Å². The molecule has 6 aromatic heterocycles. The number of aromatic nitrogens is 10. The molecule has 0 spiro atoms. The lowest BCUT2D eigenvalue weighted by atomic mass is 10.1. The summed E-state index contributed by atoms with van der Waals surface area (Å²) >= 11 is 0. The van der Waals surface area contributed by atoms with Gasteiger partial charge in [-0.1, -0.05) is 43.8 Å². The summed E-state index contributed by atoms with van der Waals surface area (Å²) in [6, 6.07) is 15.8. The zero-order valence-electron chi connectivity index (χ0n) is 37.3. The first-order chi connectivity index (χ1) is 31.0. The third-order valence-corrected chi connectivity index (χ3v) is 11.0. The molecular formula is C45H56FN15O3. The number of rotatable bonds is 17. The maximum Gasteiger partial charge on any atom is 0.256 e. The van der Waals surface area contributed by atoms with Gasteiger partial charge < -0.3 is 44.7 Å². The number of ether oxygens (including phenoxy) is 1. The van der Waals surface area contributed by atoms with E-state index >= 15 is 0 Å². The van der Waals surface area contributed by atoms with Gasteiger partial charge in [0.05, 0.1) is 50.5 Å². The largest absolute Gasteiger partial charge is 0.478 e. The predicted molar refractivity (Wildman–Crippen MR) is 248 cm³/mol. The molecule has 1 saturated heterocycles. The molecule has 7 heterocycles. The number of alkyl halides is 1. The van der Waals surface area contributed by atoms with Gasteiger partial charge in [-0.25, -0.2) is 4.98 Å². The second kappa shape index (κ2) is 19.9. The molecule has 0 radical (unpaired) electrons. The second-order valence-corrected chi connectivity index (χ2v) is 15.9. The van der Waals surface area contributed by atoms with Crippen LogP contribution in [0.3, 0.4) is 0 Å². The highest BCUT2D eigenvalue weighted by Crippen LogP contribution is 2.32. The van der Waals surface area contributed by atoms with Gasteiger partial charge in [0.25, 0.3) is 5.88 Å². The third-order valence-electron chi connectivity index (χ3n) is 11.0. The summed E-state index contributed by atoms with van der Waals surface area (Å²) in [6.45, 7) is 12.2. The van der Waals surface area contributed by atoms with Gasteiger partial charge in [-0.2, -0.15) is 19.9 Å². The number of methoxy groups -OCH3 is 1. The fourth-order valence-corrected chi connectivity index (χ4v) is 7.65. The number of amides is 1. The smallest absolute Gasteiger partial charge is 0.256 e. The Morgan fingerprint density at radius 1 is 1.05 bits per heavy atom. The number of benzene rings is 1. The van der Waals surface area contributed by atoms with E-state index in [4.69, 9.17) is 24.7 Å². The highest BCUT2D eigenvalue weighted by atomic mass is 19.1. The molecule has 1 fully saturated rings. The SMILES string of the molecule is C=C(CN(Cc1ccc(-c2ccccn2)cc1)c1nc(N[C@H](CC)CO)nc2c1ccn2C(C)C)C(=O)NC1CCN(c2nc(Nc3cn(C)nc3OC)c3ncn(C)c3n2)C1.CF. The summed E-state index contributed by atoms with van der Waals surface area (Å²) < 4.78 is 20.6. The quantitative estimate of drug-likeness (QED) is 0.0783. The molecule has 0 aliphatic carbocycles. The Balaban J connectivity index is 0.00000302. The molecule has 8 rings (SSSR count). The topological polar surface area (TPSA) is 194 Å². The Hall–Kier alpha value is -7.15. The number of anilines is 5. The molecule has 7 aromatic rings. The summed E-state index contributed by atoms with van der Waals surface area (Å²) in [5.41, 5.74) is 5.95. The molecule has 1 unspecified atom stereocenters.